The van der Waals surface area contributed by atoms with Crippen molar-refractivity contribution < 1.29 is 13.2 Å². The number of nitrogens with zero attached hydrogens (tertiary/aromatic N) is 1. The lowest BCUT2D eigenvalue weighted by Crippen LogP contribution is -2.15. The second-order valence-electron chi connectivity index (χ2n) is 6.19. The molecule has 6 nitrogen and oxygen atoms in total. The molecule has 1 aromatic heterocycles. The Morgan fingerprint density at radius 1 is 1.14 bits per heavy atom. The molecule has 0 atom stereocenters. The first-order valence-electron chi connectivity index (χ1n) is 8.41. The van der Waals surface area contributed by atoms with Gasteiger partial charge in [0.1, 0.15) is 11.1 Å². The molecule has 29 heavy (non-hydrogen) atoms. The Kier molecular flexibility index (Phi) is 5.94. The largest absolute Gasteiger partial charge is 0.312 e. The second-order valence-corrected chi connectivity index (χ2v) is 9.54. The molecule has 0 aliphatic heterocycles. The lowest BCUT2D eigenvalue weighted by Gasteiger charge is -2.10. The fourth-order valence-electron chi connectivity index (χ4n) is 2.58. The first-order valence-corrected chi connectivity index (χ1v) is 11.1. The minimum absolute atomic E-state index is 0.0555. The number of carbonyl (C=O) groups excluding carboxylic acids is 1. The Morgan fingerprint density at radius 3 is 2.48 bits per heavy atom. The highest BCUT2D eigenvalue weighted by molar-refractivity contribution is 7.92. The van der Waals surface area contributed by atoms with E-state index in [-0.39, 0.29) is 16.1 Å². The van der Waals surface area contributed by atoms with Crippen molar-refractivity contribution in [3.8, 4) is 6.07 Å². The highest BCUT2D eigenvalue weighted by atomic mass is 35.5. The van der Waals surface area contributed by atoms with Crippen molar-refractivity contribution in [2.75, 3.05) is 10.0 Å². The van der Waals surface area contributed by atoms with Gasteiger partial charge in [-0.1, -0.05) is 17.7 Å². The normalized spacial score (nSPS) is 11.0. The number of hydrogen-bond donors (Lipinski definition) is 2. The molecule has 2 aromatic carbocycles. The smallest absolute Gasteiger partial charge is 0.261 e. The number of thiophene rings is 1. The van der Waals surface area contributed by atoms with Gasteiger partial charge in [0.25, 0.3) is 15.9 Å². The summed E-state index contributed by atoms with van der Waals surface area (Å²) in [5.74, 6) is -0.435. The first kappa shape index (κ1) is 20.9. The van der Waals surface area contributed by atoms with Gasteiger partial charge in [0, 0.05) is 21.2 Å². The Balaban J connectivity index is 1.82. The molecule has 2 N–H and O–H groups in total. The lowest BCUT2D eigenvalue weighted by atomic mass is 10.1. The van der Waals surface area contributed by atoms with Crippen LogP contribution in [0.15, 0.2) is 53.4 Å². The van der Waals surface area contributed by atoms with Gasteiger partial charge in [0.05, 0.1) is 10.5 Å². The predicted molar refractivity (Wildman–Crippen MR) is 115 cm³/mol. The number of rotatable bonds is 5. The summed E-state index contributed by atoms with van der Waals surface area (Å²) in [6.45, 7) is 3.70. The monoisotopic (exact) mass is 445 g/mol. The van der Waals surface area contributed by atoms with E-state index in [0.29, 0.717) is 15.6 Å². The van der Waals surface area contributed by atoms with Crippen molar-refractivity contribution in [2.45, 2.75) is 18.7 Å². The van der Waals surface area contributed by atoms with Crippen LogP contribution < -0.4 is 10.0 Å². The molecule has 0 aliphatic carbocycles. The maximum Gasteiger partial charge on any atom is 0.261 e. The van der Waals surface area contributed by atoms with Crippen molar-refractivity contribution in [3.05, 3.63) is 75.1 Å². The van der Waals surface area contributed by atoms with Crippen molar-refractivity contribution in [1.29, 1.82) is 5.26 Å². The van der Waals surface area contributed by atoms with Crippen molar-refractivity contribution in [1.82, 2.24) is 0 Å². The number of halogens is 1. The average Bonchev–Trinajstić information content (AvgIpc) is 2.94. The number of sulfonamides is 1. The van der Waals surface area contributed by atoms with E-state index in [1.54, 1.807) is 18.2 Å². The maximum absolute atomic E-state index is 12.6. The molecule has 1 amide bonds. The third-order valence-corrected chi connectivity index (χ3v) is 7.00. The van der Waals surface area contributed by atoms with E-state index in [1.807, 2.05) is 13.8 Å². The van der Waals surface area contributed by atoms with E-state index in [0.717, 1.165) is 10.4 Å². The fourth-order valence-corrected chi connectivity index (χ4v) is 4.76. The summed E-state index contributed by atoms with van der Waals surface area (Å²) in [6.07, 6.45) is 0. The van der Waals surface area contributed by atoms with Gasteiger partial charge in [-0.25, -0.2) is 8.42 Å². The van der Waals surface area contributed by atoms with Crippen LogP contribution in [0, 0.1) is 25.2 Å². The van der Waals surface area contributed by atoms with Crippen LogP contribution in [0.2, 0.25) is 5.02 Å². The van der Waals surface area contributed by atoms with Gasteiger partial charge in [-0.2, -0.15) is 5.26 Å². The minimum Gasteiger partial charge on any atom is -0.312 e. The van der Waals surface area contributed by atoms with E-state index in [4.69, 9.17) is 11.6 Å². The van der Waals surface area contributed by atoms with Gasteiger partial charge in [0.15, 0.2) is 0 Å². The molecule has 0 aliphatic rings. The third kappa shape index (κ3) is 4.59. The van der Waals surface area contributed by atoms with Gasteiger partial charge < -0.3 is 5.32 Å². The van der Waals surface area contributed by atoms with Crippen molar-refractivity contribution >= 4 is 49.6 Å². The zero-order valence-corrected chi connectivity index (χ0v) is 17.9. The van der Waals surface area contributed by atoms with E-state index < -0.39 is 15.9 Å². The van der Waals surface area contributed by atoms with Crippen LogP contribution in [0.3, 0.4) is 0 Å². The topological polar surface area (TPSA) is 99.1 Å². The number of anilines is 2. The lowest BCUT2D eigenvalue weighted by molar-refractivity contribution is 0.102. The van der Waals surface area contributed by atoms with E-state index >= 15 is 0 Å². The summed E-state index contributed by atoms with van der Waals surface area (Å²) in [6, 6.07) is 14.0. The van der Waals surface area contributed by atoms with Gasteiger partial charge >= 0.3 is 0 Å². The molecule has 0 saturated heterocycles. The number of carbonyl (C=O) groups is 1. The fraction of sp³-hybridized carbons (Fsp3) is 0.100. The van der Waals surface area contributed by atoms with Gasteiger partial charge in [-0.05, 0) is 61.9 Å². The van der Waals surface area contributed by atoms with E-state index in [2.05, 4.69) is 16.1 Å². The summed E-state index contributed by atoms with van der Waals surface area (Å²) in [7, 11) is -3.83. The maximum atomic E-state index is 12.6. The van der Waals surface area contributed by atoms with Crippen molar-refractivity contribution in [2.24, 2.45) is 0 Å². The molecule has 0 spiro atoms. The number of nitrogens with one attached hydrogen (secondary N) is 2. The highest BCUT2D eigenvalue weighted by Crippen LogP contribution is 2.32. The molecule has 3 aromatic rings. The molecule has 0 radical (unpaired) electrons. The molecule has 0 fully saturated rings. The molecule has 148 valence electrons. The van der Waals surface area contributed by atoms with Crippen LogP contribution in [0.1, 0.15) is 26.4 Å². The SMILES string of the molecule is Cc1sc(NC(=O)c2cccc(NS(=O)(=O)c3ccc(Cl)cc3)c2)c(C#N)c1C. The van der Waals surface area contributed by atoms with Crippen LogP contribution in [0.25, 0.3) is 0 Å². The Bertz CT molecular complexity index is 1230. The van der Waals surface area contributed by atoms with E-state index in [1.165, 1.54) is 41.7 Å². The summed E-state index contributed by atoms with van der Waals surface area (Å²) in [5, 5.41) is 12.9. The number of aryl methyl sites for hydroxylation is 1. The number of hydrogen-bond acceptors (Lipinski definition) is 5. The second kappa shape index (κ2) is 8.25. The third-order valence-electron chi connectivity index (χ3n) is 4.23. The van der Waals surface area contributed by atoms with Crippen molar-refractivity contribution in [3.63, 3.8) is 0 Å². The summed E-state index contributed by atoms with van der Waals surface area (Å²) >= 11 is 7.12. The average molecular weight is 446 g/mol. The van der Waals surface area contributed by atoms with Crippen LogP contribution in [0.4, 0.5) is 10.7 Å². The van der Waals surface area contributed by atoms with Crippen LogP contribution in [-0.2, 0) is 10.0 Å². The molecular weight excluding hydrogens is 430 g/mol. The molecule has 0 saturated carbocycles. The summed E-state index contributed by atoms with van der Waals surface area (Å²) in [5.41, 5.74) is 1.76. The zero-order valence-electron chi connectivity index (χ0n) is 15.5. The zero-order chi connectivity index (χ0) is 21.2. The van der Waals surface area contributed by atoms with Gasteiger partial charge in [-0.15, -0.1) is 11.3 Å². The Hall–Kier alpha value is -2.86. The predicted octanol–water partition coefficient (Wildman–Crippen LogP) is 4.94. The highest BCUT2D eigenvalue weighted by Gasteiger charge is 2.17. The number of benzene rings is 2. The van der Waals surface area contributed by atoms with Crippen LogP contribution in [0.5, 0.6) is 0 Å². The molecule has 0 bridgehead atoms. The quantitative estimate of drug-likeness (QED) is 0.580. The Morgan fingerprint density at radius 2 is 1.83 bits per heavy atom. The van der Waals surface area contributed by atoms with Gasteiger partial charge in [-0.3, -0.25) is 9.52 Å². The molecule has 9 heteroatoms. The van der Waals surface area contributed by atoms with Gasteiger partial charge in [0.2, 0.25) is 0 Å². The number of amides is 1. The number of nitriles is 1. The van der Waals surface area contributed by atoms with E-state index in [9.17, 15) is 18.5 Å². The molecule has 0 unspecified atom stereocenters. The van der Waals surface area contributed by atoms with Crippen LogP contribution in [-0.4, -0.2) is 14.3 Å². The summed E-state index contributed by atoms with van der Waals surface area (Å²) < 4.78 is 27.5. The van der Waals surface area contributed by atoms with Crippen LogP contribution >= 0.6 is 22.9 Å². The molecular formula is C20H16ClN3O3S2. The molecule has 3 rings (SSSR count). The molecule has 1 heterocycles. The standard InChI is InChI=1S/C20H16ClN3O3S2/c1-12-13(2)28-20(18(12)11-22)23-19(25)14-4-3-5-16(10-14)24-29(26,27)17-8-6-15(21)7-9-17/h3-10,24H,1-2H3,(H,23,25). The minimum atomic E-state index is -3.83. The first-order chi connectivity index (χ1) is 13.7. The Labute approximate surface area is 177 Å². The summed E-state index contributed by atoms with van der Waals surface area (Å²) in [4.78, 5) is 13.6.